The maximum Gasteiger partial charge on any atom is 0.262 e. The molecular weight excluding hydrogens is 364 g/mol. The van der Waals surface area contributed by atoms with E-state index in [9.17, 15) is 4.79 Å². The topological polar surface area (TPSA) is 57.7 Å². The van der Waals surface area contributed by atoms with E-state index in [2.05, 4.69) is 27.1 Å². The SMILES string of the molecule is Cc1cc(Cl)cc(C)c1OCC(=O)Nc1ccc(N2CCN(C)CC2)nc1. The Morgan fingerprint density at radius 3 is 2.44 bits per heavy atom. The van der Waals surface area contributed by atoms with Crippen LogP contribution in [-0.4, -0.2) is 55.6 Å². The van der Waals surface area contributed by atoms with Gasteiger partial charge in [-0.1, -0.05) is 11.6 Å². The lowest BCUT2D eigenvalue weighted by atomic mass is 10.1. The molecule has 0 aliphatic carbocycles. The first kappa shape index (κ1) is 19.5. The van der Waals surface area contributed by atoms with Crippen molar-refractivity contribution in [3.05, 3.63) is 46.6 Å². The van der Waals surface area contributed by atoms with E-state index in [1.165, 1.54) is 0 Å². The summed E-state index contributed by atoms with van der Waals surface area (Å²) in [5.41, 5.74) is 2.48. The molecule has 6 nitrogen and oxygen atoms in total. The van der Waals surface area contributed by atoms with Gasteiger partial charge in [-0.2, -0.15) is 0 Å². The van der Waals surface area contributed by atoms with Gasteiger partial charge in [0.2, 0.25) is 0 Å². The fourth-order valence-corrected chi connectivity index (χ4v) is 3.47. The van der Waals surface area contributed by atoms with Crippen LogP contribution in [0.1, 0.15) is 11.1 Å². The second-order valence-electron chi connectivity index (χ2n) is 6.90. The Hall–Kier alpha value is -2.31. The number of hydrogen-bond acceptors (Lipinski definition) is 5. The molecule has 0 spiro atoms. The number of nitrogens with zero attached hydrogens (tertiary/aromatic N) is 3. The van der Waals surface area contributed by atoms with Crippen molar-refractivity contribution in [1.82, 2.24) is 9.88 Å². The van der Waals surface area contributed by atoms with Crippen molar-refractivity contribution < 1.29 is 9.53 Å². The number of hydrogen-bond donors (Lipinski definition) is 1. The number of piperazine rings is 1. The molecule has 2 aromatic rings. The Morgan fingerprint density at radius 2 is 1.85 bits per heavy atom. The number of ether oxygens (including phenoxy) is 1. The molecule has 27 heavy (non-hydrogen) atoms. The van der Waals surface area contributed by atoms with E-state index >= 15 is 0 Å². The maximum atomic E-state index is 12.2. The third kappa shape index (κ3) is 5.11. The van der Waals surface area contributed by atoms with Gasteiger partial charge in [-0.05, 0) is 56.3 Å². The number of pyridine rings is 1. The van der Waals surface area contributed by atoms with Crippen LogP contribution in [0.4, 0.5) is 11.5 Å². The van der Waals surface area contributed by atoms with Gasteiger partial charge >= 0.3 is 0 Å². The maximum absolute atomic E-state index is 12.2. The number of carbonyl (C=O) groups excluding carboxylic acids is 1. The third-order valence-electron chi connectivity index (χ3n) is 4.63. The van der Waals surface area contributed by atoms with Crippen molar-refractivity contribution >= 4 is 29.0 Å². The number of aryl methyl sites for hydroxylation is 2. The minimum Gasteiger partial charge on any atom is -0.483 e. The second-order valence-corrected chi connectivity index (χ2v) is 7.34. The lowest BCUT2D eigenvalue weighted by molar-refractivity contribution is -0.118. The Balaban J connectivity index is 1.54. The van der Waals surface area contributed by atoms with Gasteiger partial charge in [-0.3, -0.25) is 4.79 Å². The molecule has 144 valence electrons. The number of nitrogens with one attached hydrogen (secondary N) is 1. The van der Waals surface area contributed by atoms with Crippen LogP contribution in [0.15, 0.2) is 30.5 Å². The Kier molecular flexibility index (Phi) is 6.19. The van der Waals surface area contributed by atoms with Crippen molar-refractivity contribution in [1.29, 1.82) is 0 Å². The molecule has 1 aromatic carbocycles. The van der Waals surface area contributed by atoms with E-state index < -0.39 is 0 Å². The van der Waals surface area contributed by atoms with Crippen molar-refractivity contribution in [3.63, 3.8) is 0 Å². The first-order chi connectivity index (χ1) is 12.9. The minimum atomic E-state index is -0.224. The molecular formula is C20H25ClN4O2. The van der Waals surface area contributed by atoms with Crippen molar-refractivity contribution in [2.24, 2.45) is 0 Å². The summed E-state index contributed by atoms with van der Waals surface area (Å²) in [6, 6.07) is 7.46. The van der Waals surface area contributed by atoms with E-state index in [0.29, 0.717) is 16.5 Å². The zero-order chi connectivity index (χ0) is 19.4. The number of rotatable bonds is 5. The highest BCUT2D eigenvalue weighted by molar-refractivity contribution is 6.30. The van der Waals surface area contributed by atoms with Crippen LogP contribution in [0.5, 0.6) is 5.75 Å². The first-order valence-corrected chi connectivity index (χ1v) is 9.39. The number of amides is 1. The molecule has 0 atom stereocenters. The van der Waals surface area contributed by atoms with Crippen LogP contribution in [0, 0.1) is 13.8 Å². The van der Waals surface area contributed by atoms with Crippen molar-refractivity contribution in [2.75, 3.05) is 50.1 Å². The second kappa shape index (κ2) is 8.59. The average molecular weight is 389 g/mol. The van der Waals surface area contributed by atoms with Gasteiger partial charge in [0, 0.05) is 31.2 Å². The molecule has 2 heterocycles. The van der Waals surface area contributed by atoms with E-state index in [0.717, 1.165) is 43.1 Å². The monoisotopic (exact) mass is 388 g/mol. The summed E-state index contributed by atoms with van der Waals surface area (Å²) in [6.07, 6.45) is 1.68. The van der Waals surface area contributed by atoms with Crippen LogP contribution < -0.4 is 15.0 Å². The predicted octanol–water partition coefficient (Wildman–Crippen LogP) is 3.12. The largest absolute Gasteiger partial charge is 0.483 e. The molecule has 1 aliphatic heterocycles. The van der Waals surface area contributed by atoms with Gasteiger partial charge in [0.15, 0.2) is 6.61 Å². The fourth-order valence-electron chi connectivity index (χ4n) is 3.14. The summed E-state index contributed by atoms with van der Waals surface area (Å²) in [6.45, 7) is 7.73. The van der Waals surface area contributed by atoms with Gasteiger partial charge in [0.1, 0.15) is 11.6 Å². The molecule has 0 saturated carbocycles. The number of anilines is 2. The number of likely N-dealkylation sites (N-methyl/N-ethyl adjacent to an activating group) is 1. The number of halogens is 1. The smallest absolute Gasteiger partial charge is 0.262 e. The average Bonchev–Trinajstić information content (AvgIpc) is 2.62. The molecule has 1 N–H and O–H groups in total. The van der Waals surface area contributed by atoms with Gasteiger partial charge in [-0.25, -0.2) is 4.98 Å². The fraction of sp³-hybridized carbons (Fsp3) is 0.400. The van der Waals surface area contributed by atoms with E-state index in [-0.39, 0.29) is 12.5 Å². The molecule has 1 aromatic heterocycles. The summed E-state index contributed by atoms with van der Waals surface area (Å²) >= 11 is 6.02. The minimum absolute atomic E-state index is 0.0659. The zero-order valence-electron chi connectivity index (χ0n) is 16.0. The Labute approximate surface area is 165 Å². The third-order valence-corrected chi connectivity index (χ3v) is 4.85. The highest BCUT2D eigenvalue weighted by Gasteiger charge is 2.15. The van der Waals surface area contributed by atoms with Gasteiger partial charge in [0.05, 0.1) is 11.9 Å². The zero-order valence-corrected chi connectivity index (χ0v) is 16.7. The molecule has 0 bridgehead atoms. The summed E-state index contributed by atoms with van der Waals surface area (Å²) in [5.74, 6) is 1.40. The van der Waals surface area contributed by atoms with Gasteiger partial charge in [0.25, 0.3) is 5.91 Å². The van der Waals surface area contributed by atoms with Crippen LogP contribution in [-0.2, 0) is 4.79 Å². The van der Waals surface area contributed by atoms with Crippen LogP contribution >= 0.6 is 11.6 Å². The highest BCUT2D eigenvalue weighted by Crippen LogP contribution is 2.27. The number of carbonyl (C=O) groups is 1. The van der Waals surface area contributed by atoms with E-state index in [1.54, 1.807) is 6.20 Å². The molecule has 1 saturated heterocycles. The van der Waals surface area contributed by atoms with E-state index in [4.69, 9.17) is 16.3 Å². The molecule has 1 fully saturated rings. The molecule has 0 radical (unpaired) electrons. The molecule has 3 rings (SSSR count). The first-order valence-electron chi connectivity index (χ1n) is 9.01. The molecule has 1 amide bonds. The van der Waals surface area contributed by atoms with Gasteiger partial charge < -0.3 is 19.9 Å². The number of aromatic nitrogens is 1. The number of benzene rings is 1. The molecule has 0 unspecified atom stereocenters. The van der Waals surface area contributed by atoms with Crippen molar-refractivity contribution in [3.8, 4) is 5.75 Å². The lowest BCUT2D eigenvalue weighted by Crippen LogP contribution is -2.44. The lowest BCUT2D eigenvalue weighted by Gasteiger charge is -2.33. The normalized spacial score (nSPS) is 14.9. The molecule has 7 heteroatoms. The molecule has 1 aliphatic rings. The van der Waals surface area contributed by atoms with E-state index in [1.807, 2.05) is 38.1 Å². The standard InChI is InChI=1S/C20H25ClN4O2/c1-14-10-16(21)11-15(2)20(14)27-13-19(26)23-17-4-5-18(22-12-17)25-8-6-24(3)7-9-25/h4-5,10-12H,6-9,13H2,1-3H3,(H,23,26). The van der Waals surface area contributed by atoms with Gasteiger partial charge in [-0.15, -0.1) is 0 Å². The Morgan fingerprint density at radius 1 is 1.19 bits per heavy atom. The summed E-state index contributed by atoms with van der Waals surface area (Å²) in [7, 11) is 2.12. The predicted molar refractivity (Wildman–Crippen MR) is 109 cm³/mol. The summed E-state index contributed by atoms with van der Waals surface area (Å²) < 4.78 is 5.68. The summed E-state index contributed by atoms with van der Waals surface area (Å²) in [4.78, 5) is 21.2. The highest BCUT2D eigenvalue weighted by atomic mass is 35.5. The Bertz CT molecular complexity index is 779. The van der Waals surface area contributed by atoms with Crippen LogP contribution in [0.25, 0.3) is 0 Å². The summed E-state index contributed by atoms with van der Waals surface area (Å²) in [5, 5.41) is 3.48. The van der Waals surface area contributed by atoms with Crippen molar-refractivity contribution in [2.45, 2.75) is 13.8 Å². The quantitative estimate of drug-likeness (QED) is 0.852. The van der Waals surface area contributed by atoms with Crippen LogP contribution in [0.2, 0.25) is 5.02 Å². The van der Waals surface area contributed by atoms with Crippen LogP contribution in [0.3, 0.4) is 0 Å².